The van der Waals surface area contributed by atoms with E-state index in [1.807, 2.05) is 66.7 Å². The van der Waals surface area contributed by atoms with E-state index >= 15 is 0 Å². The first kappa shape index (κ1) is 17.5. The van der Waals surface area contributed by atoms with Gasteiger partial charge in [-0.3, -0.25) is 4.79 Å². The minimum absolute atomic E-state index is 0.125. The van der Waals surface area contributed by atoms with E-state index in [0.29, 0.717) is 17.9 Å². The van der Waals surface area contributed by atoms with E-state index in [1.54, 1.807) is 31.2 Å². The van der Waals surface area contributed by atoms with Crippen molar-refractivity contribution in [3.8, 4) is 11.5 Å². The topological polar surface area (TPSA) is 38.8 Å². The van der Waals surface area contributed by atoms with Crippen LogP contribution < -0.4 is 14.4 Å². The SMILES string of the molecule is COc1ccccc1C(=O)N(C)c1ccc(OCc2ccccc2)cc1. The molecule has 0 aliphatic heterocycles. The summed E-state index contributed by atoms with van der Waals surface area (Å²) in [4.78, 5) is 14.3. The zero-order valence-electron chi connectivity index (χ0n) is 14.9. The average Bonchev–Trinajstić information content (AvgIpc) is 2.72. The van der Waals surface area contributed by atoms with Crippen LogP contribution in [0.15, 0.2) is 78.9 Å². The summed E-state index contributed by atoms with van der Waals surface area (Å²) in [5.74, 6) is 1.20. The summed E-state index contributed by atoms with van der Waals surface area (Å²) in [6.45, 7) is 0.510. The van der Waals surface area contributed by atoms with Crippen molar-refractivity contribution in [1.82, 2.24) is 0 Å². The Kier molecular flexibility index (Phi) is 5.54. The molecule has 0 aromatic heterocycles. The first-order valence-corrected chi connectivity index (χ1v) is 8.37. The van der Waals surface area contributed by atoms with Gasteiger partial charge in [0.05, 0.1) is 12.7 Å². The van der Waals surface area contributed by atoms with E-state index < -0.39 is 0 Å². The number of anilines is 1. The van der Waals surface area contributed by atoms with Gasteiger partial charge in [0, 0.05) is 12.7 Å². The van der Waals surface area contributed by atoms with E-state index in [1.165, 1.54) is 0 Å². The molecule has 4 nitrogen and oxygen atoms in total. The Bertz CT molecular complexity index is 860. The Morgan fingerprint density at radius 2 is 1.54 bits per heavy atom. The zero-order chi connectivity index (χ0) is 18.4. The summed E-state index contributed by atoms with van der Waals surface area (Å²) in [7, 11) is 3.31. The zero-order valence-corrected chi connectivity index (χ0v) is 14.9. The first-order valence-electron chi connectivity index (χ1n) is 8.37. The number of rotatable bonds is 6. The molecule has 0 spiro atoms. The maximum Gasteiger partial charge on any atom is 0.261 e. The predicted octanol–water partition coefficient (Wildman–Crippen LogP) is 4.55. The number of ether oxygens (including phenoxy) is 2. The fourth-order valence-electron chi connectivity index (χ4n) is 2.63. The summed E-state index contributed by atoms with van der Waals surface area (Å²) >= 11 is 0. The molecular formula is C22H21NO3. The highest BCUT2D eigenvalue weighted by atomic mass is 16.5. The Labute approximate surface area is 153 Å². The second-order valence-electron chi connectivity index (χ2n) is 5.83. The molecular weight excluding hydrogens is 326 g/mol. The number of para-hydroxylation sites is 1. The number of methoxy groups -OCH3 is 1. The molecule has 0 heterocycles. The second kappa shape index (κ2) is 8.21. The number of hydrogen-bond donors (Lipinski definition) is 0. The lowest BCUT2D eigenvalue weighted by molar-refractivity contribution is 0.0990. The van der Waals surface area contributed by atoms with Crippen LogP contribution in [0.25, 0.3) is 0 Å². The fourth-order valence-corrected chi connectivity index (χ4v) is 2.63. The van der Waals surface area contributed by atoms with E-state index in [-0.39, 0.29) is 5.91 Å². The van der Waals surface area contributed by atoms with E-state index in [2.05, 4.69) is 0 Å². The minimum Gasteiger partial charge on any atom is -0.496 e. The van der Waals surface area contributed by atoms with E-state index in [4.69, 9.17) is 9.47 Å². The molecule has 0 N–H and O–H groups in total. The summed E-state index contributed by atoms with van der Waals surface area (Å²) in [6, 6.07) is 24.7. The molecule has 3 aromatic carbocycles. The maximum absolute atomic E-state index is 12.7. The molecule has 0 saturated heterocycles. The third-order valence-corrected chi connectivity index (χ3v) is 4.11. The molecule has 0 saturated carbocycles. The summed E-state index contributed by atoms with van der Waals surface area (Å²) in [5.41, 5.74) is 2.43. The van der Waals surface area contributed by atoms with E-state index in [0.717, 1.165) is 17.0 Å². The van der Waals surface area contributed by atoms with Gasteiger partial charge in [-0.15, -0.1) is 0 Å². The molecule has 0 bridgehead atoms. The van der Waals surface area contributed by atoms with Crippen molar-refractivity contribution in [3.63, 3.8) is 0 Å². The average molecular weight is 347 g/mol. The molecule has 4 heteroatoms. The van der Waals surface area contributed by atoms with Crippen molar-refractivity contribution in [1.29, 1.82) is 0 Å². The van der Waals surface area contributed by atoms with Gasteiger partial charge in [-0.25, -0.2) is 0 Å². The van der Waals surface area contributed by atoms with Gasteiger partial charge in [0.15, 0.2) is 0 Å². The third kappa shape index (κ3) is 4.03. The largest absolute Gasteiger partial charge is 0.496 e. The normalized spacial score (nSPS) is 10.2. The molecule has 0 aliphatic rings. The molecule has 1 amide bonds. The molecule has 0 unspecified atom stereocenters. The molecule has 3 rings (SSSR count). The van der Waals surface area contributed by atoms with Gasteiger partial charge in [-0.1, -0.05) is 42.5 Å². The van der Waals surface area contributed by atoms with Gasteiger partial charge in [-0.2, -0.15) is 0 Å². The van der Waals surface area contributed by atoms with Crippen LogP contribution >= 0.6 is 0 Å². The van der Waals surface area contributed by atoms with Crippen LogP contribution in [0.3, 0.4) is 0 Å². The summed E-state index contributed by atoms with van der Waals surface area (Å²) in [5, 5.41) is 0. The molecule has 0 radical (unpaired) electrons. The molecule has 26 heavy (non-hydrogen) atoms. The Morgan fingerprint density at radius 3 is 2.23 bits per heavy atom. The standard InChI is InChI=1S/C22H21NO3/c1-23(22(24)20-10-6-7-11-21(20)25-2)18-12-14-19(15-13-18)26-16-17-8-4-3-5-9-17/h3-15H,16H2,1-2H3. The minimum atomic E-state index is -0.125. The maximum atomic E-state index is 12.7. The molecule has 132 valence electrons. The molecule has 0 fully saturated rings. The van der Waals surface area contributed by atoms with Gasteiger partial charge in [-0.05, 0) is 42.0 Å². The van der Waals surface area contributed by atoms with Crippen LogP contribution in [0.4, 0.5) is 5.69 Å². The lowest BCUT2D eigenvalue weighted by Crippen LogP contribution is -2.26. The number of benzene rings is 3. The lowest BCUT2D eigenvalue weighted by Gasteiger charge is -2.19. The van der Waals surface area contributed by atoms with Crippen LogP contribution in [0.1, 0.15) is 15.9 Å². The number of carbonyl (C=O) groups is 1. The first-order chi connectivity index (χ1) is 12.7. The highest BCUT2D eigenvalue weighted by Crippen LogP contribution is 2.24. The van der Waals surface area contributed by atoms with Gasteiger partial charge < -0.3 is 14.4 Å². The third-order valence-electron chi connectivity index (χ3n) is 4.11. The number of hydrogen-bond acceptors (Lipinski definition) is 3. The Morgan fingerprint density at radius 1 is 0.885 bits per heavy atom. The van der Waals surface area contributed by atoms with E-state index in [9.17, 15) is 4.79 Å². The van der Waals surface area contributed by atoms with Crippen LogP contribution in [-0.4, -0.2) is 20.1 Å². The summed E-state index contributed by atoms with van der Waals surface area (Å²) < 4.78 is 11.1. The van der Waals surface area contributed by atoms with Crippen molar-refractivity contribution in [2.24, 2.45) is 0 Å². The summed E-state index contributed by atoms with van der Waals surface area (Å²) in [6.07, 6.45) is 0. The van der Waals surface area contributed by atoms with Crippen LogP contribution in [-0.2, 0) is 6.61 Å². The van der Waals surface area contributed by atoms with Crippen molar-refractivity contribution >= 4 is 11.6 Å². The predicted molar refractivity (Wildman–Crippen MR) is 103 cm³/mol. The van der Waals surface area contributed by atoms with Gasteiger partial charge >= 0.3 is 0 Å². The highest BCUT2D eigenvalue weighted by molar-refractivity contribution is 6.07. The monoisotopic (exact) mass is 347 g/mol. The van der Waals surface area contributed by atoms with Crippen molar-refractivity contribution in [2.75, 3.05) is 19.1 Å². The van der Waals surface area contributed by atoms with Gasteiger partial charge in [0.1, 0.15) is 18.1 Å². The van der Waals surface area contributed by atoms with Gasteiger partial charge in [0.25, 0.3) is 5.91 Å². The quantitative estimate of drug-likeness (QED) is 0.656. The Hall–Kier alpha value is -3.27. The molecule has 3 aromatic rings. The highest BCUT2D eigenvalue weighted by Gasteiger charge is 2.17. The Balaban J connectivity index is 1.68. The number of amides is 1. The smallest absolute Gasteiger partial charge is 0.261 e. The fraction of sp³-hybridized carbons (Fsp3) is 0.136. The number of nitrogens with zero attached hydrogens (tertiary/aromatic N) is 1. The second-order valence-corrected chi connectivity index (χ2v) is 5.83. The molecule has 0 aliphatic carbocycles. The van der Waals surface area contributed by atoms with Crippen LogP contribution in [0.2, 0.25) is 0 Å². The number of carbonyl (C=O) groups excluding carboxylic acids is 1. The van der Waals surface area contributed by atoms with Crippen molar-refractivity contribution in [2.45, 2.75) is 6.61 Å². The van der Waals surface area contributed by atoms with Crippen molar-refractivity contribution < 1.29 is 14.3 Å². The van der Waals surface area contributed by atoms with Crippen molar-refractivity contribution in [3.05, 3.63) is 90.0 Å². The van der Waals surface area contributed by atoms with Crippen LogP contribution in [0.5, 0.6) is 11.5 Å². The lowest BCUT2D eigenvalue weighted by atomic mass is 10.1. The molecule has 0 atom stereocenters. The van der Waals surface area contributed by atoms with Gasteiger partial charge in [0.2, 0.25) is 0 Å². The van der Waals surface area contributed by atoms with Crippen LogP contribution in [0, 0.1) is 0 Å².